The number of pyridine rings is 1. The SMILES string of the molecule is O=c1cc(NC(c2ccccc2)(c2ccccc2)c2ccccc2)[nH]c2c1nnn2C(c1ccccc1)(c1ccccc1)c1ccccc1. The molecular formula is C43H33N5O. The van der Waals surface area contributed by atoms with Gasteiger partial charge in [0, 0.05) is 6.07 Å². The highest BCUT2D eigenvalue weighted by Gasteiger charge is 2.42. The molecule has 8 rings (SSSR count). The van der Waals surface area contributed by atoms with Gasteiger partial charge in [0.05, 0.1) is 0 Å². The van der Waals surface area contributed by atoms with E-state index < -0.39 is 11.1 Å². The first kappa shape index (κ1) is 29.8. The highest BCUT2D eigenvalue weighted by molar-refractivity contribution is 5.75. The number of anilines is 1. The van der Waals surface area contributed by atoms with Crippen molar-refractivity contribution >= 4 is 17.0 Å². The minimum atomic E-state index is -0.963. The van der Waals surface area contributed by atoms with E-state index in [4.69, 9.17) is 5.21 Å². The van der Waals surface area contributed by atoms with Crippen LogP contribution in [0, 0.1) is 0 Å². The molecule has 6 nitrogen and oxygen atoms in total. The maximum Gasteiger partial charge on any atom is 0.213 e. The number of aromatic amines is 1. The van der Waals surface area contributed by atoms with Gasteiger partial charge in [0.1, 0.15) is 16.9 Å². The van der Waals surface area contributed by atoms with Crippen LogP contribution in [-0.4, -0.2) is 20.0 Å². The summed E-state index contributed by atoms with van der Waals surface area (Å²) >= 11 is 0. The van der Waals surface area contributed by atoms with Crippen LogP contribution >= 0.6 is 0 Å². The summed E-state index contributed by atoms with van der Waals surface area (Å²) in [5, 5.41) is 13.1. The zero-order chi connectivity index (χ0) is 33.1. The summed E-state index contributed by atoms with van der Waals surface area (Å²) in [6, 6.07) is 63.3. The van der Waals surface area contributed by atoms with Crippen LogP contribution < -0.4 is 10.7 Å². The van der Waals surface area contributed by atoms with Crippen molar-refractivity contribution in [3.05, 3.63) is 232 Å². The molecule has 8 aromatic rings. The monoisotopic (exact) mass is 635 g/mol. The summed E-state index contributed by atoms with van der Waals surface area (Å²) in [4.78, 5) is 17.7. The molecule has 0 atom stereocenters. The van der Waals surface area contributed by atoms with Crippen molar-refractivity contribution in [1.82, 2.24) is 20.0 Å². The molecule has 0 aliphatic heterocycles. The average Bonchev–Trinajstić information content (AvgIpc) is 3.61. The van der Waals surface area contributed by atoms with Crippen molar-refractivity contribution in [3.63, 3.8) is 0 Å². The van der Waals surface area contributed by atoms with Crippen molar-refractivity contribution < 1.29 is 0 Å². The van der Waals surface area contributed by atoms with E-state index in [1.165, 1.54) is 0 Å². The molecule has 0 saturated carbocycles. The van der Waals surface area contributed by atoms with Gasteiger partial charge in [-0.15, -0.1) is 5.10 Å². The predicted octanol–water partition coefficient (Wildman–Crippen LogP) is 8.36. The number of aromatic nitrogens is 4. The van der Waals surface area contributed by atoms with E-state index in [9.17, 15) is 4.79 Å². The van der Waals surface area contributed by atoms with Gasteiger partial charge in [-0.2, -0.15) is 0 Å². The van der Waals surface area contributed by atoms with Gasteiger partial charge >= 0.3 is 0 Å². The molecule has 6 aromatic carbocycles. The van der Waals surface area contributed by atoms with Gasteiger partial charge in [0.2, 0.25) is 5.43 Å². The molecule has 0 bridgehead atoms. The molecule has 0 fully saturated rings. The lowest BCUT2D eigenvalue weighted by Crippen LogP contribution is -2.40. The second-order valence-corrected chi connectivity index (χ2v) is 12.0. The highest BCUT2D eigenvalue weighted by atomic mass is 16.1. The first-order valence-corrected chi connectivity index (χ1v) is 16.3. The third-order valence-electron chi connectivity index (χ3n) is 9.27. The molecule has 0 aliphatic rings. The van der Waals surface area contributed by atoms with E-state index in [1.54, 1.807) is 6.07 Å². The molecule has 6 heteroatoms. The van der Waals surface area contributed by atoms with Crippen LogP contribution in [0.4, 0.5) is 5.82 Å². The Balaban J connectivity index is 1.42. The molecule has 0 amide bonds. The smallest absolute Gasteiger partial charge is 0.213 e. The Morgan fingerprint density at radius 1 is 0.490 bits per heavy atom. The molecular weight excluding hydrogens is 603 g/mol. The standard InChI is InChI=1S/C43H33N5O/c49-38-31-39(45-42(32-19-7-1-8-20-32,33-21-9-2-10-22-33)34-23-11-3-12-24-34)44-41-40(38)46-47-48(41)43(35-25-13-4-14-26-35,36-27-15-5-16-28-36)37-29-17-6-18-30-37/h1-31H,(H2,44,45,49). The van der Waals surface area contributed by atoms with E-state index in [0.29, 0.717) is 11.5 Å². The van der Waals surface area contributed by atoms with Crippen LogP contribution in [0.15, 0.2) is 193 Å². The lowest BCUT2D eigenvalue weighted by molar-refractivity contribution is 0.457. The number of rotatable bonds is 9. The number of hydrogen-bond acceptors (Lipinski definition) is 4. The summed E-state index contributed by atoms with van der Waals surface area (Å²) in [5.41, 5.74) is 4.68. The summed E-state index contributed by atoms with van der Waals surface area (Å²) in [7, 11) is 0. The maximum absolute atomic E-state index is 14.1. The summed E-state index contributed by atoms with van der Waals surface area (Å²) in [5.74, 6) is 0.528. The van der Waals surface area contributed by atoms with Crippen molar-refractivity contribution in [1.29, 1.82) is 0 Å². The van der Waals surface area contributed by atoms with Crippen molar-refractivity contribution in [2.75, 3.05) is 5.32 Å². The molecule has 2 N–H and O–H groups in total. The molecule has 236 valence electrons. The summed E-state index contributed by atoms with van der Waals surface area (Å²) in [6.07, 6.45) is 0. The Bertz CT molecular complexity index is 2160. The zero-order valence-electron chi connectivity index (χ0n) is 26.6. The highest BCUT2D eigenvalue weighted by Crippen LogP contribution is 2.43. The molecule has 49 heavy (non-hydrogen) atoms. The Labute approximate surface area is 284 Å². The number of H-pyrrole nitrogens is 1. The van der Waals surface area contributed by atoms with E-state index >= 15 is 0 Å². The maximum atomic E-state index is 14.1. The normalized spacial score (nSPS) is 11.8. The van der Waals surface area contributed by atoms with Gasteiger partial charge in [-0.25, -0.2) is 4.68 Å². The molecule has 0 unspecified atom stereocenters. The van der Waals surface area contributed by atoms with Crippen LogP contribution in [0.5, 0.6) is 0 Å². The lowest BCUT2D eigenvalue weighted by atomic mass is 9.77. The van der Waals surface area contributed by atoms with Gasteiger partial charge in [-0.1, -0.05) is 187 Å². The number of nitrogens with zero attached hydrogens (tertiary/aromatic N) is 3. The molecule has 0 spiro atoms. The average molecular weight is 636 g/mol. The Morgan fingerprint density at radius 3 is 1.20 bits per heavy atom. The third-order valence-corrected chi connectivity index (χ3v) is 9.27. The van der Waals surface area contributed by atoms with Crippen LogP contribution in [0.1, 0.15) is 33.4 Å². The fraction of sp³-hybridized carbons (Fsp3) is 0.0465. The first-order valence-electron chi connectivity index (χ1n) is 16.3. The Kier molecular flexibility index (Phi) is 7.66. The molecule has 2 heterocycles. The minimum Gasteiger partial charge on any atom is -0.354 e. The molecule has 0 radical (unpaired) electrons. The van der Waals surface area contributed by atoms with Crippen LogP contribution in [0.2, 0.25) is 0 Å². The van der Waals surface area contributed by atoms with E-state index in [2.05, 4.69) is 88.2 Å². The second-order valence-electron chi connectivity index (χ2n) is 12.0. The van der Waals surface area contributed by atoms with Crippen molar-refractivity contribution in [2.24, 2.45) is 0 Å². The Morgan fingerprint density at radius 2 is 0.837 bits per heavy atom. The van der Waals surface area contributed by atoms with Gasteiger partial charge in [0.15, 0.2) is 11.2 Å². The summed E-state index contributed by atoms with van der Waals surface area (Å²) in [6.45, 7) is 0. The molecule has 2 aromatic heterocycles. The van der Waals surface area contributed by atoms with E-state index in [0.717, 1.165) is 33.4 Å². The first-order chi connectivity index (χ1) is 24.2. The van der Waals surface area contributed by atoms with Gasteiger partial charge in [-0.05, 0) is 33.4 Å². The lowest BCUT2D eigenvalue weighted by Gasteiger charge is -2.38. The van der Waals surface area contributed by atoms with Crippen molar-refractivity contribution in [2.45, 2.75) is 11.1 Å². The van der Waals surface area contributed by atoms with E-state index in [-0.39, 0.29) is 10.9 Å². The second kappa shape index (κ2) is 12.6. The fourth-order valence-electron chi connectivity index (χ4n) is 7.11. The van der Waals surface area contributed by atoms with Gasteiger partial charge < -0.3 is 10.3 Å². The topological polar surface area (TPSA) is 75.6 Å². The van der Waals surface area contributed by atoms with Crippen LogP contribution in [-0.2, 0) is 11.1 Å². The van der Waals surface area contributed by atoms with Crippen molar-refractivity contribution in [3.8, 4) is 0 Å². The third kappa shape index (κ3) is 5.02. The minimum absolute atomic E-state index is 0.242. The van der Waals surface area contributed by atoms with E-state index in [1.807, 2.05) is 114 Å². The molecule has 0 aliphatic carbocycles. The summed E-state index contributed by atoms with van der Waals surface area (Å²) < 4.78 is 1.87. The van der Waals surface area contributed by atoms with Gasteiger partial charge in [-0.3, -0.25) is 4.79 Å². The Hall–Kier alpha value is -6.53. The number of benzene rings is 6. The fourth-order valence-corrected chi connectivity index (χ4v) is 7.11. The largest absolute Gasteiger partial charge is 0.354 e. The predicted molar refractivity (Wildman–Crippen MR) is 196 cm³/mol. The van der Waals surface area contributed by atoms with Gasteiger partial charge in [0.25, 0.3) is 0 Å². The van der Waals surface area contributed by atoms with Crippen LogP contribution in [0.3, 0.4) is 0 Å². The quantitative estimate of drug-likeness (QED) is 0.156. The number of nitrogens with one attached hydrogen (secondary N) is 2. The number of fused-ring (bicyclic) bond motifs is 1. The number of hydrogen-bond donors (Lipinski definition) is 2. The molecule has 0 saturated heterocycles. The zero-order valence-corrected chi connectivity index (χ0v) is 26.6. The van der Waals surface area contributed by atoms with Crippen LogP contribution in [0.25, 0.3) is 11.2 Å².